The molecule has 0 unspecified atom stereocenters. The Bertz CT molecular complexity index is 161. The van der Waals surface area contributed by atoms with Crippen LogP contribution >= 0.6 is 0 Å². The van der Waals surface area contributed by atoms with Crippen molar-refractivity contribution < 1.29 is 13.2 Å². The summed E-state index contributed by atoms with van der Waals surface area (Å²) in [6, 6.07) is -0.184. The number of alkyl halides is 3. The number of hydrogen-bond acceptors (Lipinski definition) is 2. The lowest BCUT2D eigenvalue weighted by Crippen LogP contribution is -2.22. The molecule has 0 bridgehead atoms. The highest BCUT2D eigenvalue weighted by molar-refractivity contribution is 5.91. The van der Waals surface area contributed by atoms with Gasteiger partial charge in [0.2, 0.25) is 0 Å². The first-order valence-electron chi connectivity index (χ1n) is 2.89. The minimum absolute atomic E-state index is 0.0243. The Morgan fingerprint density at radius 2 is 2.20 bits per heavy atom. The van der Waals surface area contributed by atoms with Gasteiger partial charge in [-0.05, 0) is 6.92 Å². The Morgan fingerprint density at radius 1 is 1.60 bits per heavy atom. The summed E-state index contributed by atoms with van der Waals surface area (Å²) < 4.78 is 35.3. The molecule has 58 valence electrons. The third-order valence-corrected chi connectivity index (χ3v) is 1.25. The van der Waals surface area contributed by atoms with Crippen LogP contribution in [0.15, 0.2) is 5.10 Å². The molecule has 1 rings (SSSR count). The minimum Gasteiger partial charge on any atom is -0.307 e. The van der Waals surface area contributed by atoms with Crippen molar-refractivity contribution in [1.29, 1.82) is 0 Å². The number of halogens is 3. The predicted molar refractivity (Wildman–Crippen MR) is 30.7 cm³/mol. The van der Waals surface area contributed by atoms with Gasteiger partial charge in [0.1, 0.15) is 5.71 Å². The van der Waals surface area contributed by atoms with E-state index < -0.39 is 11.9 Å². The molecule has 1 atom stereocenters. The van der Waals surface area contributed by atoms with E-state index in [1.165, 1.54) is 0 Å². The standard InChI is InChI=1S/C5H7F3N2/c1-3-2-4(10-9-3)5(6,7)8/h3,9H,2H2,1H3/t3-/m1/s1. The molecule has 0 saturated heterocycles. The maximum Gasteiger partial charge on any atom is 0.431 e. The molecule has 0 aliphatic carbocycles. The van der Waals surface area contributed by atoms with Crippen LogP contribution in [0.1, 0.15) is 13.3 Å². The molecule has 0 aromatic carbocycles. The van der Waals surface area contributed by atoms with E-state index in [-0.39, 0.29) is 12.5 Å². The number of hydrogen-bond donors (Lipinski definition) is 1. The molecule has 1 aliphatic heterocycles. The molecular weight excluding hydrogens is 145 g/mol. The van der Waals surface area contributed by atoms with Crippen LogP contribution in [0.4, 0.5) is 13.2 Å². The van der Waals surface area contributed by atoms with E-state index in [9.17, 15) is 13.2 Å². The number of nitrogens with zero attached hydrogens (tertiary/aromatic N) is 1. The third-order valence-electron chi connectivity index (χ3n) is 1.25. The Labute approximate surface area is 56.1 Å². The second kappa shape index (κ2) is 2.14. The molecule has 1 aliphatic rings. The van der Waals surface area contributed by atoms with Gasteiger partial charge >= 0.3 is 6.18 Å². The average molecular weight is 152 g/mol. The lowest BCUT2D eigenvalue weighted by atomic mass is 10.2. The first-order chi connectivity index (χ1) is 4.50. The summed E-state index contributed by atoms with van der Waals surface area (Å²) in [5, 5.41) is 3.13. The Morgan fingerprint density at radius 3 is 2.40 bits per heavy atom. The quantitative estimate of drug-likeness (QED) is 0.555. The topological polar surface area (TPSA) is 24.4 Å². The maximum absolute atomic E-state index is 11.8. The molecule has 0 spiro atoms. The summed E-state index contributed by atoms with van der Waals surface area (Å²) >= 11 is 0. The molecule has 1 heterocycles. The van der Waals surface area contributed by atoms with Crippen molar-refractivity contribution in [2.45, 2.75) is 25.6 Å². The van der Waals surface area contributed by atoms with Crippen LogP contribution in [0.2, 0.25) is 0 Å². The third kappa shape index (κ3) is 1.40. The summed E-state index contributed by atoms with van der Waals surface area (Å²) in [5.74, 6) is 0. The van der Waals surface area contributed by atoms with Crippen LogP contribution in [0.25, 0.3) is 0 Å². The van der Waals surface area contributed by atoms with E-state index in [0.717, 1.165) is 0 Å². The van der Waals surface area contributed by atoms with E-state index in [2.05, 4.69) is 10.5 Å². The normalized spacial score (nSPS) is 26.0. The van der Waals surface area contributed by atoms with E-state index >= 15 is 0 Å². The molecule has 0 aromatic rings. The molecule has 5 heteroatoms. The monoisotopic (exact) mass is 152 g/mol. The van der Waals surface area contributed by atoms with Crippen LogP contribution in [-0.4, -0.2) is 17.9 Å². The zero-order chi connectivity index (χ0) is 7.78. The molecule has 2 nitrogen and oxygen atoms in total. The number of rotatable bonds is 0. The van der Waals surface area contributed by atoms with Crippen molar-refractivity contribution in [2.75, 3.05) is 0 Å². The highest BCUT2D eigenvalue weighted by atomic mass is 19.4. The van der Waals surface area contributed by atoms with E-state index in [1.807, 2.05) is 0 Å². The highest BCUT2D eigenvalue weighted by Gasteiger charge is 2.38. The summed E-state index contributed by atoms with van der Waals surface area (Å²) in [6.07, 6.45) is -4.28. The molecule has 0 amide bonds. The fourth-order valence-electron chi connectivity index (χ4n) is 0.749. The second-order valence-corrected chi connectivity index (χ2v) is 2.29. The Hall–Kier alpha value is -0.740. The fourth-order valence-corrected chi connectivity index (χ4v) is 0.749. The minimum atomic E-state index is -4.25. The zero-order valence-electron chi connectivity index (χ0n) is 5.37. The van der Waals surface area contributed by atoms with Crippen molar-refractivity contribution in [1.82, 2.24) is 5.43 Å². The Balaban J connectivity index is 2.60. The van der Waals surface area contributed by atoms with Gasteiger partial charge in [-0.25, -0.2) is 0 Å². The highest BCUT2D eigenvalue weighted by Crippen LogP contribution is 2.22. The zero-order valence-corrected chi connectivity index (χ0v) is 5.37. The molecule has 0 saturated carbocycles. The van der Waals surface area contributed by atoms with E-state index in [0.29, 0.717) is 0 Å². The molecule has 1 N–H and O–H groups in total. The van der Waals surface area contributed by atoms with Gasteiger partial charge in [0.05, 0.1) is 0 Å². The van der Waals surface area contributed by atoms with Gasteiger partial charge in [0.25, 0.3) is 0 Å². The van der Waals surface area contributed by atoms with Crippen molar-refractivity contribution in [2.24, 2.45) is 5.10 Å². The predicted octanol–water partition coefficient (Wildman–Crippen LogP) is 1.29. The van der Waals surface area contributed by atoms with Crippen LogP contribution < -0.4 is 5.43 Å². The van der Waals surface area contributed by atoms with Crippen molar-refractivity contribution >= 4 is 5.71 Å². The number of nitrogens with one attached hydrogen (secondary N) is 1. The van der Waals surface area contributed by atoms with Crippen LogP contribution in [-0.2, 0) is 0 Å². The molecule has 10 heavy (non-hydrogen) atoms. The average Bonchev–Trinajstić information content (AvgIpc) is 2.11. The van der Waals surface area contributed by atoms with Crippen molar-refractivity contribution in [3.8, 4) is 0 Å². The Kier molecular flexibility index (Phi) is 1.58. The first kappa shape index (κ1) is 7.37. The molecular formula is C5H7F3N2. The summed E-state index contributed by atoms with van der Waals surface area (Å²) in [6.45, 7) is 1.66. The molecule has 0 aromatic heterocycles. The first-order valence-corrected chi connectivity index (χ1v) is 2.89. The van der Waals surface area contributed by atoms with Gasteiger partial charge in [-0.3, -0.25) is 0 Å². The van der Waals surface area contributed by atoms with Gasteiger partial charge < -0.3 is 5.43 Å². The number of hydrazone groups is 1. The van der Waals surface area contributed by atoms with Crippen LogP contribution in [0.3, 0.4) is 0 Å². The summed E-state index contributed by atoms with van der Waals surface area (Å²) in [4.78, 5) is 0. The fraction of sp³-hybridized carbons (Fsp3) is 0.800. The smallest absolute Gasteiger partial charge is 0.307 e. The molecule has 0 radical (unpaired) electrons. The van der Waals surface area contributed by atoms with Gasteiger partial charge in [0.15, 0.2) is 0 Å². The van der Waals surface area contributed by atoms with Gasteiger partial charge in [0, 0.05) is 12.5 Å². The van der Waals surface area contributed by atoms with Crippen molar-refractivity contribution in [3.05, 3.63) is 0 Å². The van der Waals surface area contributed by atoms with E-state index in [4.69, 9.17) is 0 Å². The summed E-state index contributed by atoms with van der Waals surface area (Å²) in [7, 11) is 0. The maximum atomic E-state index is 11.8. The van der Waals surface area contributed by atoms with Gasteiger partial charge in [-0.2, -0.15) is 18.3 Å². The SMILES string of the molecule is C[C@@H]1CC(C(F)(F)F)=NN1. The lowest BCUT2D eigenvalue weighted by molar-refractivity contribution is -0.0600. The van der Waals surface area contributed by atoms with Crippen LogP contribution in [0.5, 0.6) is 0 Å². The van der Waals surface area contributed by atoms with E-state index in [1.54, 1.807) is 6.92 Å². The molecule has 0 fully saturated rings. The second-order valence-electron chi connectivity index (χ2n) is 2.29. The van der Waals surface area contributed by atoms with Gasteiger partial charge in [-0.1, -0.05) is 0 Å². The largest absolute Gasteiger partial charge is 0.431 e. The van der Waals surface area contributed by atoms with Crippen LogP contribution in [0, 0.1) is 0 Å². The summed E-state index contributed by atoms with van der Waals surface area (Å²) in [5.41, 5.74) is 1.64. The lowest BCUT2D eigenvalue weighted by Gasteiger charge is -2.03. The van der Waals surface area contributed by atoms with Crippen molar-refractivity contribution in [3.63, 3.8) is 0 Å². The van der Waals surface area contributed by atoms with Gasteiger partial charge in [-0.15, -0.1) is 0 Å².